The molecule has 0 saturated heterocycles. The highest BCUT2D eigenvalue weighted by atomic mass is 35.5. The lowest BCUT2D eigenvalue weighted by Gasteiger charge is -2.20. The molecule has 0 aliphatic heterocycles. The van der Waals surface area contributed by atoms with Crippen molar-refractivity contribution in [3.63, 3.8) is 0 Å². The first-order valence-corrected chi connectivity index (χ1v) is 6.39. The van der Waals surface area contributed by atoms with Crippen LogP contribution in [0.1, 0.15) is 28.3 Å². The minimum absolute atomic E-state index is 0.365. The van der Waals surface area contributed by atoms with Gasteiger partial charge in [0.25, 0.3) is 0 Å². The third kappa shape index (κ3) is 2.95. The smallest absolute Gasteiger partial charge is 0.129 e. The second-order valence-electron chi connectivity index (χ2n) is 4.63. The third-order valence-corrected chi connectivity index (χ3v) is 3.41. The summed E-state index contributed by atoms with van der Waals surface area (Å²) in [7, 11) is 0. The molecular weight excluding hydrogens is 263 g/mol. The summed E-state index contributed by atoms with van der Waals surface area (Å²) in [5.74, 6) is 5.24. The van der Waals surface area contributed by atoms with E-state index in [0.717, 1.165) is 16.7 Å². The van der Waals surface area contributed by atoms with Crippen LogP contribution in [0.4, 0.5) is 4.39 Å². The average Bonchev–Trinajstić information content (AvgIpc) is 2.34. The quantitative estimate of drug-likeness (QED) is 0.664. The number of benzene rings is 2. The predicted molar refractivity (Wildman–Crippen MR) is 76.5 cm³/mol. The molecule has 0 spiro atoms. The fourth-order valence-corrected chi connectivity index (χ4v) is 2.39. The SMILES string of the molecule is Cc1ccc(C(NN)c2ccc(Cl)cc2F)c(C)c1. The Kier molecular flexibility index (Phi) is 4.20. The van der Waals surface area contributed by atoms with E-state index in [1.165, 1.54) is 6.07 Å². The molecule has 0 fully saturated rings. The van der Waals surface area contributed by atoms with Gasteiger partial charge in [-0.05, 0) is 37.1 Å². The number of hydrogen-bond acceptors (Lipinski definition) is 2. The van der Waals surface area contributed by atoms with Crippen LogP contribution >= 0.6 is 11.6 Å². The molecule has 19 heavy (non-hydrogen) atoms. The van der Waals surface area contributed by atoms with E-state index in [2.05, 4.69) is 5.43 Å². The van der Waals surface area contributed by atoms with Crippen LogP contribution in [-0.2, 0) is 0 Å². The Labute approximate surface area is 117 Å². The van der Waals surface area contributed by atoms with Crippen molar-refractivity contribution in [1.82, 2.24) is 5.43 Å². The van der Waals surface area contributed by atoms with Crippen LogP contribution in [0.5, 0.6) is 0 Å². The largest absolute Gasteiger partial charge is 0.271 e. The molecule has 0 amide bonds. The fraction of sp³-hybridized carbons (Fsp3) is 0.200. The van der Waals surface area contributed by atoms with Crippen molar-refractivity contribution < 1.29 is 4.39 Å². The lowest BCUT2D eigenvalue weighted by Crippen LogP contribution is -2.30. The lowest BCUT2D eigenvalue weighted by molar-refractivity contribution is 0.559. The van der Waals surface area contributed by atoms with Crippen molar-refractivity contribution in [3.8, 4) is 0 Å². The number of hydrazine groups is 1. The fourth-order valence-electron chi connectivity index (χ4n) is 2.23. The van der Waals surface area contributed by atoms with Crippen molar-refractivity contribution in [2.24, 2.45) is 5.84 Å². The number of nitrogens with two attached hydrogens (primary N) is 1. The van der Waals surface area contributed by atoms with Crippen molar-refractivity contribution in [1.29, 1.82) is 0 Å². The summed E-state index contributed by atoms with van der Waals surface area (Å²) in [6, 6.07) is 10.2. The number of hydrogen-bond donors (Lipinski definition) is 2. The standard InChI is InChI=1S/C15H16ClFN2/c1-9-3-5-12(10(2)7-9)15(19-18)13-6-4-11(16)8-14(13)17/h3-8,15,19H,18H2,1-2H3. The average molecular weight is 279 g/mol. The van der Waals surface area contributed by atoms with E-state index in [1.54, 1.807) is 12.1 Å². The summed E-state index contributed by atoms with van der Waals surface area (Å²) in [6.07, 6.45) is 0. The molecule has 1 unspecified atom stereocenters. The number of aryl methyl sites for hydroxylation is 2. The highest BCUT2D eigenvalue weighted by molar-refractivity contribution is 6.30. The summed E-state index contributed by atoms with van der Waals surface area (Å²) in [5.41, 5.74) is 6.34. The Balaban J connectivity index is 2.50. The molecule has 0 aliphatic carbocycles. The van der Waals surface area contributed by atoms with Crippen LogP contribution in [0.3, 0.4) is 0 Å². The van der Waals surface area contributed by atoms with Crippen LogP contribution in [0.15, 0.2) is 36.4 Å². The van der Waals surface area contributed by atoms with Crippen molar-refractivity contribution in [3.05, 3.63) is 69.5 Å². The molecule has 3 N–H and O–H groups in total. The molecule has 2 nitrogen and oxygen atoms in total. The molecule has 0 radical (unpaired) electrons. The van der Waals surface area contributed by atoms with Gasteiger partial charge in [0.2, 0.25) is 0 Å². The molecule has 2 aromatic carbocycles. The highest BCUT2D eigenvalue weighted by Crippen LogP contribution is 2.28. The number of nitrogens with one attached hydrogen (secondary N) is 1. The van der Waals surface area contributed by atoms with Gasteiger partial charge in [0.15, 0.2) is 0 Å². The zero-order valence-electron chi connectivity index (χ0n) is 10.9. The van der Waals surface area contributed by atoms with Gasteiger partial charge in [0, 0.05) is 10.6 Å². The Hall–Kier alpha value is -1.42. The van der Waals surface area contributed by atoms with E-state index in [-0.39, 0.29) is 5.82 Å². The van der Waals surface area contributed by atoms with E-state index < -0.39 is 6.04 Å². The first-order chi connectivity index (χ1) is 9.02. The van der Waals surface area contributed by atoms with Gasteiger partial charge in [0.1, 0.15) is 5.82 Å². The van der Waals surface area contributed by atoms with E-state index in [9.17, 15) is 4.39 Å². The van der Waals surface area contributed by atoms with Crippen molar-refractivity contribution in [2.45, 2.75) is 19.9 Å². The minimum Gasteiger partial charge on any atom is -0.271 e. The van der Waals surface area contributed by atoms with Gasteiger partial charge in [-0.15, -0.1) is 0 Å². The molecule has 2 rings (SSSR count). The summed E-state index contributed by atoms with van der Waals surface area (Å²) >= 11 is 5.77. The maximum absolute atomic E-state index is 14.0. The minimum atomic E-state index is -0.391. The van der Waals surface area contributed by atoms with Gasteiger partial charge >= 0.3 is 0 Å². The molecule has 0 bridgehead atoms. The second-order valence-corrected chi connectivity index (χ2v) is 5.06. The van der Waals surface area contributed by atoms with Gasteiger partial charge in [0.05, 0.1) is 6.04 Å². The first kappa shape index (κ1) is 14.0. The molecular formula is C15H16ClFN2. The second kappa shape index (κ2) is 5.70. The van der Waals surface area contributed by atoms with Crippen LogP contribution in [-0.4, -0.2) is 0 Å². The zero-order valence-corrected chi connectivity index (χ0v) is 11.6. The summed E-state index contributed by atoms with van der Waals surface area (Å²) in [6.45, 7) is 4.00. The molecule has 2 aromatic rings. The Morgan fingerprint density at radius 3 is 2.37 bits per heavy atom. The predicted octanol–water partition coefficient (Wildman–Crippen LogP) is 3.65. The van der Waals surface area contributed by atoms with Crippen LogP contribution in [0.25, 0.3) is 0 Å². The van der Waals surface area contributed by atoms with Gasteiger partial charge < -0.3 is 0 Å². The molecule has 4 heteroatoms. The Morgan fingerprint density at radius 2 is 1.79 bits per heavy atom. The van der Waals surface area contributed by atoms with E-state index in [4.69, 9.17) is 17.4 Å². The molecule has 0 heterocycles. The van der Waals surface area contributed by atoms with E-state index >= 15 is 0 Å². The first-order valence-electron chi connectivity index (χ1n) is 6.01. The van der Waals surface area contributed by atoms with Gasteiger partial charge in [-0.3, -0.25) is 5.84 Å². The van der Waals surface area contributed by atoms with Crippen LogP contribution < -0.4 is 11.3 Å². The maximum Gasteiger partial charge on any atom is 0.129 e. The number of rotatable bonds is 3. The molecule has 0 saturated carbocycles. The third-order valence-electron chi connectivity index (χ3n) is 3.18. The summed E-state index contributed by atoms with van der Waals surface area (Å²) in [5, 5.41) is 0.373. The van der Waals surface area contributed by atoms with Gasteiger partial charge in [-0.1, -0.05) is 41.4 Å². The van der Waals surface area contributed by atoms with E-state index in [1.807, 2.05) is 32.0 Å². The van der Waals surface area contributed by atoms with Gasteiger partial charge in [-0.2, -0.15) is 0 Å². The maximum atomic E-state index is 14.0. The van der Waals surface area contributed by atoms with Crippen LogP contribution in [0.2, 0.25) is 5.02 Å². The van der Waals surface area contributed by atoms with Crippen molar-refractivity contribution in [2.75, 3.05) is 0 Å². The highest BCUT2D eigenvalue weighted by Gasteiger charge is 2.18. The summed E-state index contributed by atoms with van der Waals surface area (Å²) in [4.78, 5) is 0. The van der Waals surface area contributed by atoms with Crippen LogP contribution in [0, 0.1) is 19.7 Å². The molecule has 0 aromatic heterocycles. The monoisotopic (exact) mass is 278 g/mol. The zero-order chi connectivity index (χ0) is 14.0. The molecule has 100 valence electrons. The normalized spacial score (nSPS) is 12.5. The van der Waals surface area contributed by atoms with E-state index in [0.29, 0.717) is 10.6 Å². The lowest BCUT2D eigenvalue weighted by atomic mass is 9.94. The Bertz CT molecular complexity index is 547. The molecule has 1 atom stereocenters. The van der Waals surface area contributed by atoms with Crippen molar-refractivity contribution >= 4 is 11.6 Å². The number of halogens is 2. The Morgan fingerprint density at radius 1 is 1.11 bits per heavy atom. The topological polar surface area (TPSA) is 38.0 Å². The summed E-state index contributed by atoms with van der Waals surface area (Å²) < 4.78 is 14.0. The van der Waals surface area contributed by atoms with Gasteiger partial charge in [-0.25, -0.2) is 9.82 Å². The molecule has 0 aliphatic rings.